The van der Waals surface area contributed by atoms with Gasteiger partial charge in [0.15, 0.2) is 5.69 Å². The predicted octanol–water partition coefficient (Wildman–Crippen LogP) is 2.10. The number of ether oxygens (including phenoxy) is 2. The van der Waals surface area contributed by atoms with Crippen LogP contribution in [0.1, 0.15) is 68.2 Å². The van der Waals surface area contributed by atoms with E-state index in [1.807, 2.05) is 4.90 Å². The molecule has 2 saturated heterocycles. The van der Waals surface area contributed by atoms with Crippen molar-refractivity contribution in [2.24, 2.45) is 11.8 Å². The van der Waals surface area contributed by atoms with E-state index in [9.17, 15) is 9.59 Å². The van der Waals surface area contributed by atoms with Gasteiger partial charge in [0.1, 0.15) is 5.69 Å². The van der Waals surface area contributed by atoms with E-state index < -0.39 is 5.97 Å². The van der Waals surface area contributed by atoms with E-state index in [1.54, 1.807) is 6.92 Å². The highest BCUT2D eigenvalue weighted by molar-refractivity contribution is 5.89. The lowest BCUT2D eigenvalue weighted by molar-refractivity contribution is -0.140. The maximum atomic E-state index is 13.3. The van der Waals surface area contributed by atoms with Gasteiger partial charge in [-0.05, 0) is 44.9 Å². The standard InChI is InChI=1S/C18H28N4O4/c1-3-13(12-7-10-25-11-8-12)17(23)22-9-5-6-14(22)15-16(20-21-19-15)18(24)26-4-2/h12-14H,3-11H2,1-2H3,(H,19,20,21). The number of rotatable bonds is 6. The fourth-order valence-corrected chi connectivity index (χ4v) is 4.18. The molecular formula is C18H28N4O4. The van der Waals surface area contributed by atoms with Crippen LogP contribution in [0.3, 0.4) is 0 Å². The first-order valence-corrected chi connectivity index (χ1v) is 9.63. The summed E-state index contributed by atoms with van der Waals surface area (Å²) in [4.78, 5) is 27.3. The van der Waals surface area contributed by atoms with Crippen LogP contribution in [-0.2, 0) is 14.3 Å². The number of likely N-dealkylation sites (tertiary alicyclic amines) is 1. The van der Waals surface area contributed by atoms with E-state index in [0.29, 0.717) is 18.2 Å². The van der Waals surface area contributed by atoms with Gasteiger partial charge in [-0.1, -0.05) is 6.92 Å². The van der Waals surface area contributed by atoms with E-state index >= 15 is 0 Å². The molecule has 0 aliphatic carbocycles. The molecule has 8 nitrogen and oxygen atoms in total. The van der Waals surface area contributed by atoms with Crippen molar-refractivity contribution in [3.63, 3.8) is 0 Å². The van der Waals surface area contributed by atoms with E-state index in [0.717, 1.165) is 45.3 Å². The van der Waals surface area contributed by atoms with Gasteiger partial charge < -0.3 is 14.4 Å². The first-order valence-electron chi connectivity index (χ1n) is 9.63. The van der Waals surface area contributed by atoms with Crippen LogP contribution in [0.4, 0.5) is 0 Å². The van der Waals surface area contributed by atoms with Crippen LogP contribution in [0.2, 0.25) is 0 Å². The number of carbonyl (C=O) groups is 2. The highest BCUT2D eigenvalue weighted by atomic mass is 16.5. The summed E-state index contributed by atoms with van der Waals surface area (Å²) >= 11 is 0. The van der Waals surface area contributed by atoms with Crippen molar-refractivity contribution in [1.82, 2.24) is 20.3 Å². The van der Waals surface area contributed by atoms with Crippen LogP contribution in [0.15, 0.2) is 0 Å². The van der Waals surface area contributed by atoms with Crippen LogP contribution < -0.4 is 0 Å². The second-order valence-corrected chi connectivity index (χ2v) is 6.93. The summed E-state index contributed by atoms with van der Waals surface area (Å²) in [6, 6.07) is -0.213. The lowest BCUT2D eigenvalue weighted by Crippen LogP contribution is -2.40. The molecule has 0 radical (unpaired) electrons. The maximum absolute atomic E-state index is 13.3. The Kier molecular flexibility index (Phi) is 6.24. The number of esters is 1. The summed E-state index contributed by atoms with van der Waals surface area (Å²) in [5.41, 5.74) is 0.715. The average Bonchev–Trinajstić information content (AvgIpc) is 3.32. The Bertz CT molecular complexity index is 626. The summed E-state index contributed by atoms with van der Waals surface area (Å²) in [6.07, 6.45) is 4.36. The Morgan fingerprint density at radius 1 is 1.27 bits per heavy atom. The number of hydrogen-bond donors (Lipinski definition) is 1. The topological polar surface area (TPSA) is 97.4 Å². The summed E-state index contributed by atoms with van der Waals surface area (Å²) in [5, 5.41) is 10.7. The van der Waals surface area contributed by atoms with Crippen LogP contribution in [0, 0.1) is 11.8 Å². The fraction of sp³-hybridized carbons (Fsp3) is 0.778. The third-order valence-electron chi connectivity index (χ3n) is 5.49. The van der Waals surface area contributed by atoms with Crippen molar-refractivity contribution in [3.05, 3.63) is 11.4 Å². The lowest BCUT2D eigenvalue weighted by atomic mass is 9.83. The van der Waals surface area contributed by atoms with Gasteiger partial charge in [0.05, 0.1) is 12.6 Å². The van der Waals surface area contributed by atoms with E-state index in [-0.39, 0.29) is 30.2 Å². The van der Waals surface area contributed by atoms with Gasteiger partial charge in [-0.3, -0.25) is 4.79 Å². The average molecular weight is 364 g/mol. The molecule has 1 N–H and O–H groups in total. The van der Waals surface area contributed by atoms with Gasteiger partial charge in [0, 0.05) is 25.7 Å². The zero-order valence-electron chi connectivity index (χ0n) is 15.6. The minimum absolute atomic E-state index is 0.00237. The minimum atomic E-state index is -0.494. The molecule has 1 aromatic heterocycles. The van der Waals surface area contributed by atoms with E-state index in [1.165, 1.54) is 0 Å². The largest absolute Gasteiger partial charge is 0.461 e. The predicted molar refractivity (Wildman–Crippen MR) is 93.4 cm³/mol. The smallest absolute Gasteiger partial charge is 0.360 e. The van der Waals surface area contributed by atoms with Gasteiger partial charge >= 0.3 is 5.97 Å². The SMILES string of the molecule is CCOC(=O)c1n[nH]nc1C1CCCN1C(=O)C(CC)C1CCOCC1. The van der Waals surface area contributed by atoms with Crippen molar-refractivity contribution in [2.45, 2.75) is 52.0 Å². The third-order valence-corrected chi connectivity index (χ3v) is 5.49. The highest BCUT2D eigenvalue weighted by Gasteiger charge is 2.39. The monoisotopic (exact) mass is 364 g/mol. The van der Waals surface area contributed by atoms with Crippen molar-refractivity contribution in [3.8, 4) is 0 Å². The Labute approximate surface area is 153 Å². The normalized spacial score (nSPS) is 22.4. The molecule has 2 aliphatic rings. The molecule has 2 fully saturated rings. The number of aromatic amines is 1. The number of hydrogen-bond acceptors (Lipinski definition) is 6. The number of amides is 1. The summed E-state index contributed by atoms with van der Waals surface area (Å²) in [6.45, 7) is 6.26. The molecule has 0 aromatic carbocycles. The molecule has 144 valence electrons. The van der Waals surface area contributed by atoms with Crippen molar-refractivity contribution in [1.29, 1.82) is 0 Å². The molecule has 8 heteroatoms. The van der Waals surface area contributed by atoms with E-state index in [4.69, 9.17) is 9.47 Å². The van der Waals surface area contributed by atoms with Crippen molar-refractivity contribution in [2.75, 3.05) is 26.4 Å². The summed E-state index contributed by atoms with van der Waals surface area (Å²) < 4.78 is 10.5. The number of carbonyl (C=O) groups excluding carboxylic acids is 2. The Balaban J connectivity index is 1.78. The Hall–Kier alpha value is -1.96. The lowest BCUT2D eigenvalue weighted by Gasteiger charge is -2.33. The quantitative estimate of drug-likeness (QED) is 0.776. The molecule has 1 amide bonds. The van der Waals surface area contributed by atoms with Gasteiger partial charge in [-0.25, -0.2) is 4.79 Å². The Morgan fingerprint density at radius 3 is 2.73 bits per heavy atom. The van der Waals surface area contributed by atoms with Crippen LogP contribution in [-0.4, -0.2) is 58.6 Å². The molecule has 2 unspecified atom stereocenters. The maximum Gasteiger partial charge on any atom is 0.360 e. The number of nitrogens with one attached hydrogen (secondary N) is 1. The Morgan fingerprint density at radius 2 is 2.04 bits per heavy atom. The van der Waals surface area contributed by atoms with Crippen molar-refractivity contribution >= 4 is 11.9 Å². The second kappa shape index (κ2) is 8.62. The molecule has 26 heavy (non-hydrogen) atoms. The van der Waals surface area contributed by atoms with Crippen LogP contribution in [0.5, 0.6) is 0 Å². The van der Waals surface area contributed by atoms with Gasteiger partial charge in [0.25, 0.3) is 0 Å². The summed E-state index contributed by atoms with van der Waals surface area (Å²) in [5.74, 6) is 0.0357. The second-order valence-electron chi connectivity index (χ2n) is 6.93. The first kappa shape index (κ1) is 18.8. The molecular weight excluding hydrogens is 336 g/mol. The number of nitrogens with zero attached hydrogens (tertiary/aromatic N) is 3. The molecule has 2 aliphatic heterocycles. The van der Waals surface area contributed by atoms with Crippen molar-refractivity contribution < 1.29 is 19.1 Å². The van der Waals surface area contributed by atoms with E-state index in [2.05, 4.69) is 22.3 Å². The zero-order chi connectivity index (χ0) is 18.5. The molecule has 3 rings (SSSR count). The third kappa shape index (κ3) is 3.75. The van der Waals surface area contributed by atoms with Crippen LogP contribution in [0.25, 0.3) is 0 Å². The van der Waals surface area contributed by atoms with Gasteiger partial charge in [-0.15, -0.1) is 5.10 Å². The number of aromatic nitrogens is 3. The molecule has 1 aromatic rings. The molecule has 3 heterocycles. The van der Waals surface area contributed by atoms with Gasteiger partial charge in [0.2, 0.25) is 5.91 Å². The first-order chi connectivity index (χ1) is 12.7. The zero-order valence-corrected chi connectivity index (χ0v) is 15.6. The molecule has 2 atom stereocenters. The minimum Gasteiger partial charge on any atom is -0.461 e. The molecule has 0 spiro atoms. The summed E-state index contributed by atoms with van der Waals surface area (Å²) in [7, 11) is 0. The van der Waals surface area contributed by atoms with Gasteiger partial charge in [-0.2, -0.15) is 10.3 Å². The molecule has 0 saturated carbocycles. The molecule has 0 bridgehead atoms. The fourth-order valence-electron chi connectivity index (χ4n) is 4.18. The highest BCUT2D eigenvalue weighted by Crippen LogP contribution is 2.36. The van der Waals surface area contributed by atoms with Crippen LogP contribution >= 0.6 is 0 Å². The number of H-pyrrole nitrogens is 1.